The molecular formula is C18H23F2NO2. The minimum Gasteiger partial charge on any atom is -0.435 e. The minimum atomic E-state index is -2.83. The molecular weight excluding hydrogens is 300 g/mol. The summed E-state index contributed by atoms with van der Waals surface area (Å²) < 4.78 is 28.5. The van der Waals surface area contributed by atoms with Gasteiger partial charge < -0.3 is 10.1 Å². The standard InChI is InChI=1S/C18H23F2NO2/c1-11(2)9-14-15(18(14,3)4)16(22)21-10-12-5-7-13(8-6-12)23-17(19)20/h5-9,14-15,17H,10H2,1-4H3,(H,21,22)/t14-,15+/m1/s1. The van der Waals surface area contributed by atoms with Gasteiger partial charge in [0.2, 0.25) is 5.91 Å². The third-order valence-corrected chi connectivity index (χ3v) is 4.32. The Labute approximate surface area is 135 Å². The number of amides is 1. The average molecular weight is 323 g/mol. The van der Waals surface area contributed by atoms with Gasteiger partial charge in [0.25, 0.3) is 0 Å². The van der Waals surface area contributed by atoms with E-state index in [4.69, 9.17) is 0 Å². The van der Waals surface area contributed by atoms with E-state index in [-0.39, 0.29) is 28.9 Å². The number of carbonyl (C=O) groups excluding carboxylic acids is 1. The van der Waals surface area contributed by atoms with Gasteiger partial charge in [-0.1, -0.05) is 37.6 Å². The molecule has 5 heteroatoms. The lowest BCUT2D eigenvalue weighted by Crippen LogP contribution is -2.26. The highest BCUT2D eigenvalue weighted by Crippen LogP contribution is 2.59. The molecule has 0 spiro atoms. The molecule has 1 fully saturated rings. The molecule has 0 aromatic heterocycles. The maximum absolute atomic E-state index is 12.3. The summed E-state index contributed by atoms with van der Waals surface area (Å²) in [4.78, 5) is 12.3. The molecule has 1 aliphatic rings. The normalized spacial score (nSPS) is 21.7. The van der Waals surface area contributed by atoms with E-state index in [0.29, 0.717) is 6.54 Å². The third-order valence-electron chi connectivity index (χ3n) is 4.32. The molecule has 23 heavy (non-hydrogen) atoms. The number of allylic oxidation sites excluding steroid dienone is 2. The van der Waals surface area contributed by atoms with Gasteiger partial charge in [0, 0.05) is 6.54 Å². The molecule has 0 saturated heterocycles. The van der Waals surface area contributed by atoms with Crippen LogP contribution in [0.5, 0.6) is 5.75 Å². The van der Waals surface area contributed by atoms with Gasteiger partial charge >= 0.3 is 6.61 Å². The highest BCUT2D eigenvalue weighted by Gasteiger charge is 2.60. The van der Waals surface area contributed by atoms with Crippen molar-refractivity contribution >= 4 is 5.91 Å². The fourth-order valence-electron chi connectivity index (χ4n) is 2.94. The third kappa shape index (κ3) is 4.30. The predicted octanol–water partition coefficient (Wildman–Crippen LogP) is 4.14. The molecule has 3 nitrogen and oxygen atoms in total. The van der Waals surface area contributed by atoms with Crippen molar-refractivity contribution in [3.05, 3.63) is 41.5 Å². The van der Waals surface area contributed by atoms with Crippen molar-refractivity contribution in [2.45, 2.75) is 40.9 Å². The van der Waals surface area contributed by atoms with E-state index in [1.165, 1.54) is 17.7 Å². The van der Waals surface area contributed by atoms with Gasteiger partial charge in [0.15, 0.2) is 0 Å². The first kappa shape index (κ1) is 17.4. The first-order chi connectivity index (χ1) is 10.7. The van der Waals surface area contributed by atoms with Crippen LogP contribution in [0.2, 0.25) is 0 Å². The van der Waals surface area contributed by atoms with E-state index in [1.54, 1.807) is 12.1 Å². The monoisotopic (exact) mass is 323 g/mol. The van der Waals surface area contributed by atoms with E-state index in [9.17, 15) is 13.6 Å². The van der Waals surface area contributed by atoms with E-state index in [2.05, 4.69) is 30.0 Å². The fourth-order valence-corrected chi connectivity index (χ4v) is 2.94. The zero-order valence-corrected chi connectivity index (χ0v) is 13.9. The van der Waals surface area contributed by atoms with Crippen LogP contribution >= 0.6 is 0 Å². The Morgan fingerprint density at radius 2 is 1.91 bits per heavy atom. The van der Waals surface area contributed by atoms with Gasteiger partial charge in [-0.15, -0.1) is 0 Å². The summed E-state index contributed by atoms with van der Waals surface area (Å²) in [6, 6.07) is 6.29. The van der Waals surface area contributed by atoms with Crippen LogP contribution in [0, 0.1) is 17.3 Å². The van der Waals surface area contributed by atoms with Gasteiger partial charge in [0.1, 0.15) is 5.75 Å². The Balaban J connectivity index is 1.89. The van der Waals surface area contributed by atoms with Crippen molar-refractivity contribution in [2.24, 2.45) is 17.3 Å². The molecule has 2 atom stereocenters. The number of carbonyl (C=O) groups is 1. The van der Waals surface area contributed by atoms with Gasteiger partial charge in [-0.05, 0) is 42.9 Å². The maximum Gasteiger partial charge on any atom is 0.387 e. The summed E-state index contributed by atoms with van der Waals surface area (Å²) in [6.45, 7) is 5.81. The summed E-state index contributed by atoms with van der Waals surface area (Å²) in [6.07, 6.45) is 2.15. The quantitative estimate of drug-likeness (QED) is 0.799. The first-order valence-corrected chi connectivity index (χ1v) is 7.68. The van der Waals surface area contributed by atoms with Crippen molar-refractivity contribution in [3.8, 4) is 5.75 Å². The lowest BCUT2D eigenvalue weighted by atomic mass is 10.1. The van der Waals surface area contributed by atoms with Crippen LogP contribution in [0.4, 0.5) is 8.78 Å². The predicted molar refractivity (Wildman–Crippen MR) is 85.1 cm³/mol. The molecule has 0 unspecified atom stereocenters. The minimum absolute atomic E-state index is 0.0150. The number of benzene rings is 1. The summed E-state index contributed by atoms with van der Waals surface area (Å²) in [7, 11) is 0. The average Bonchev–Trinajstić information content (AvgIpc) is 2.97. The summed E-state index contributed by atoms with van der Waals surface area (Å²) >= 11 is 0. The van der Waals surface area contributed by atoms with Gasteiger partial charge in [-0.3, -0.25) is 4.79 Å². The molecule has 2 rings (SSSR count). The second kappa shape index (κ2) is 6.69. The lowest BCUT2D eigenvalue weighted by Gasteiger charge is -2.08. The zero-order chi connectivity index (χ0) is 17.2. The Kier molecular flexibility index (Phi) is 5.07. The summed E-state index contributed by atoms with van der Waals surface area (Å²) in [5.41, 5.74) is 2.04. The van der Waals surface area contributed by atoms with Crippen LogP contribution in [-0.2, 0) is 11.3 Å². The van der Waals surface area contributed by atoms with Crippen LogP contribution in [0.1, 0.15) is 33.3 Å². The fraction of sp³-hybridized carbons (Fsp3) is 0.500. The second-order valence-corrected chi connectivity index (χ2v) is 6.81. The molecule has 1 N–H and O–H groups in total. The highest BCUT2D eigenvalue weighted by atomic mass is 19.3. The number of nitrogens with one attached hydrogen (secondary N) is 1. The summed E-state index contributed by atoms with van der Waals surface area (Å²) in [5.74, 6) is 0.403. The first-order valence-electron chi connectivity index (χ1n) is 7.68. The van der Waals surface area contributed by atoms with Crippen molar-refractivity contribution in [3.63, 3.8) is 0 Å². The second-order valence-electron chi connectivity index (χ2n) is 6.81. The van der Waals surface area contributed by atoms with Crippen molar-refractivity contribution in [1.29, 1.82) is 0 Å². The van der Waals surface area contributed by atoms with Gasteiger partial charge in [0.05, 0.1) is 5.92 Å². The van der Waals surface area contributed by atoms with Gasteiger partial charge in [-0.2, -0.15) is 8.78 Å². The summed E-state index contributed by atoms with van der Waals surface area (Å²) in [5, 5.41) is 2.92. The van der Waals surface area contributed by atoms with Crippen LogP contribution in [-0.4, -0.2) is 12.5 Å². The highest BCUT2D eigenvalue weighted by molar-refractivity contribution is 5.83. The lowest BCUT2D eigenvalue weighted by molar-refractivity contribution is -0.123. The van der Waals surface area contributed by atoms with E-state index in [0.717, 1.165) is 5.56 Å². The van der Waals surface area contributed by atoms with Crippen LogP contribution in [0.15, 0.2) is 35.9 Å². The smallest absolute Gasteiger partial charge is 0.387 e. The molecule has 1 saturated carbocycles. The number of ether oxygens (including phenoxy) is 1. The van der Waals surface area contributed by atoms with Crippen LogP contribution < -0.4 is 10.1 Å². The van der Waals surface area contributed by atoms with E-state index < -0.39 is 6.61 Å². The Morgan fingerprint density at radius 3 is 2.43 bits per heavy atom. The molecule has 0 heterocycles. The zero-order valence-electron chi connectivity index (χ0n) is 13.9. The Hall–Kier alpha value is -1.91. The topological polar surface area (TPSA) is 38.3 Å². The van der Waals surface area contributed by atoms with E-state index in [1.807, 2.05) is 13.8 Å². The Bertz CT molecular complexity index is 590. The molecule has 0 aliphatic heterocycles. The molecule has 1 amide bonds. The number of hydrogen-bond donors (Lipinski definition) is 1. The largest absolute Gasteiger partial charge is 0.435 e. The SMILES string of the molecule is CC(C)=C[C@@H]1[C@@H](C(=O)NCc2ccc(OC(F)F)cc2)C1(C)C. The van der Waals surface area contributed by atoms with Crippen molar-refractivity contribution in [1.82, 2.24) is 5.32 Å². The van der Waals surface area contributed by atoms with Crippen LogP contribution in [0.3, 0.4) is 0 Å². The van der Waals surface area contributed by atoms with Crippen molar-refractivity contribution in [2.75, 3.05) is 0 Å². The van der Waals surface area contributed by atoms with Crippen molar-refractivity contribution < 1.29 is 18.3 Å². The number of halogens is 2. The number of hydrogen-bond acceptors (Lipinski definition) is 2. The van der Waals surface area contributed by atoms with E-state index >= 15 is 0 Å². The number of rotatable bonds is 6. The maximum atomic E-state index is 12.3. The molecule has 1 aromatic carbocycles. The molecule has 0 bridgehead atoms. The Morgan fingerprint density at radius 1 is 1.30 bits per heavy atom. The van der Waals surface area contributed by atoms with Gasteiger partial charge in [-0.25, -0.2) is 0 Å². The van der Waals surface area contributed by atoms with Crippen LogP contribution in [0.25, 0.3) is 0 Å². The molecule has 0 radical (unpaired) electrons. The molecule has 1 aliphatic carbocycles. The molecule has 126 valence electrons. The molecule has 1 aromatic rings. The number of alkyl halides is 2.